The van der Waals surface area contributed by atoms with E-state index in [0.29, 0.717) is 21.6 Å². The summed E-state index contributed by atoms with van der Waals surface area (Å²) >= 11 is 7.30. The number of nitrogens with zero attached hydrogens (tertiary/aromatic N) is 1. The smallest absolute Gasteiger partial charge is 0.257 e. The molecule has 0 saturated heterocycles. The van der Waals surface area contributed by atoms with Gasteiger partial charge in [-0.3, -0.25) is 0 Å². The molecule has 0 bridgehead atoms. The van der Waals surface area contributed by atoms with Crippen LogP contribution in [0.4, 0.5) is 4.39 Å². The number of oxazole rings is 1. The van der Waals surface area contributed by atoms with Crippen LogP contribution in [0.3, 0.4) is 0 Å². The van der Waals surface area contributed by atoms with Crippen molar-refractivity contribution < 1.29 is 13.5 Å². The van der Waals surface area contributed by atoms with E-state index in [4.69, 9.17) is 20.8 Å². The first kappa shape index (κ1) is 14.2. The molecular weight excluding hydrogens is 313 g/mol. The molecule has 3 aromatic rings. The fraction of sp³-hybridized carbons (Fsp3) is 0.133. The quantitative estimate of drug-likeness (QED) is 0.638. The summed E-state index contributed by atoms with van der Waals surface area (Å²) in [4.78, 5) is 4.34. The lowest BCUT2D eigenvalue weighted by atomic mass is 10.2. The summed E-state index contributed by atoms with van der Waals surface area (Å²) in [5.41, 5.74) is 2.23. The molecule has 0 radical (unpaired) electrons. The predicted molar refractivity (Wildman–Crippen MR) is 81.5 cm³/mol. The molecule has 0 spiro atoms. The van der Waals surface area contributed by atoms with Crippen molar-refractivity contribution in [2.45, 2.75) is 11.0 Å². The molecule has 0 fully saturated rings. The zero-order chi connectivity index (χ0) is 14.8. The molecule has 108 valence electrons. The van der Waals surface area contributed by atoms with Crippen LogP contribution >= 0.6 is 23.4 Å². The Labute approximate surface area is 130 Å². The van der Waals surface area contributed by atoms with E-state index in [-0.39, 0.29) is 11.6 Å². The summed E-state index contributed by atoms with van der Waals surface area (Å²) < 4.78 is 24.1. The van der Waals surface area contributed by atoms with Crippen LogP contribution in [-0.4, -0.2) is 12.1 Å². The highest BCUT2D eigenvalue weighted by atomic mass is 35.5. The standard InChI is InChI=1S/C15H11ClFNO2S/c1-19-13-5-2-9(6-11(13)17)8-21-15-18-12-4-3-10(16)7-14(12)20-15/h2-7H,8H2,1H3. The number of ether oxygens (including phenoxy) is 1. The monoisotopic (exact) mass is 323 g/mol. The highest BCUT2D eigenvalue weighted by Crippen LogP contribution is 2.28. The normalized spacial score (nSPS) is 11.0. The maximum absolute atomic E-state index is 13.6. The van der Waals surface area contributed by atoms with Crippen molar-refractivity contribution in [2.24, 2.45) is 0 Å². The Bertz CT molecular complexity index is 790. The first-order valence-electron chi connectivity index (χ1n) is 6.17. The second-order valence-electron chi connectivity index (χ2n) is 4.35. The molecule has 0 aliphatic heterocycles. The van der Waals surface area contributed by atoms with Crippen molar-refractivity contribution in [3.63, 3.8) is 0 Å². The second-order valence-corrected chi connectivity index (χ2v) is 5.71. The van der Waals surface area contributed by atoms with Gasteiger partial charge >= 0.3 is 0 Å². The number of hydrogen-bond acceptors (Lipinski definition) is 4. The molecule has 21 heavy (non-hydrogen) atoms. The zero-order valence-electron chi connectivity index (χ0n) is 11.1. The number of benzene rings is 2. The van der Waals surface area contributed by atoms with E-state index in [1.807, 2.05) is 6.07 Å². The van der Waals surface area contributed by atoms with E-state index < -0.39 is 0 Å². The van der Waals surface area contributed by atoms with Gasteiger partial charge in [0.15, 0.2) is 17.1 Å². The third-order valence-corrected chi connectivity index (χ3v) is 4.04. The lowest BCUT2D eigenvalue weighted by Gasteiger charge is -2.03. The van der Waals surface area contributed by atoms with Gasteiger partial charge in [-0.25, -0.2) is 9.37 Å². The lowest BCUT2D eigenvalue weighted by Crippen LogP contribution is -1.89. The van der Waals surface area contributed by atoms with Crippen molar-refractivity contribution in [3.05, 3.63) is 52.8 Å². The fourth-order valence-electron chi connectivity index (χ4n) is 1.88. The maximum Gasteiger partial charge on any atom is 0.257 e. The number of fused-ring (bicyclic) bond motifs is 1. The van der Waals surface area contributed by atoms with Gasteiger partial charge in [0.1, 0.15) is 5.52 Å². The van der Waals surface area contributed by atoms with E-state index in [0.717, 1.165) is 11.1 Å². The summed E-state index contributed by atoms with van der Waals surface area (Å²) in [6, 6.07) is 10.2. The molecule has 0 saturated carbocycles. The molecule has 6 heteroatoms. The molecule has 1 aromatic heterocycles. The molecule has 0 N–H and O–H groups in total. The van der Waals surface area contributed by atoms with Gasteiger partial charge in [-0.15, -0.1) is 0 Å². The first-order chi connectivity index (χ1) is 10.2. The SMILES string of the molecule is COc1ccc(CSc2nc3ccc(Cl)cc3o2)cc1F. The van der Waals surface area contributed by atoms with E-state index in [2.05, 4.69) is 4.98 Å². The maximum atomic E-state index is 13.6. The molecule has 0 unspecified atom stereocenters. The van der Waals surface area contributed by atoms with Gasteiger partial charge in [0.25, 0.3) is 5.22 Å². The number of aromatic nitrogens is 1. The second kappa shape index (κ2) is 5.95. The number of rotatable bonds is 4. The zero-order valence-corrected chi connectivity index (χ0v) is 12.7. The number of thioether (sulfide) groups is 1. The molecule has 0 amide bonds. The first-order valence-corrected chi connectivity index (χ1v) is 7.53. The van der Waals surface area contributed by atoms with Gasteiger partial charge in [-0.1, -0.05) is 29.4 Å². The van der Waals surface area contributed by atoms with Gasteiger partial charge in [0, 0.05) is 16.8 Å². The van der Waals surface area contributed by atoms with Gasteiger partial charge in [0.2, 0.25) is 0 Å². The van der Waals surface area contributed by atoms with Crippen LogP contribution in [0.15, 0.2) is 46.0 Å². The molecule has 2 aromatic carbocycles. The van der Waals surface area contributed by atoms with Crippen molar-refractivity contribution in [3.8, 4) is 5.75 Å². The Balaban J connectivity index is 1.75. The van der Waals surface area contributed by atoms with Gasteiger partial charge < -0.3 is 9.15 Å². The summed E-state index contributed by atoms with van der Waals surface area (Å²) in [7, 11) is 1.44. The Hall–Kier alpha value is -1.72. The Kier molecular flexibility index (Phi) is 4.03. The van der Waals surface area contributed by atoms with Crippen LogP contribution in [0, 0.1) is 5.82 Å². The largest absolute Gasteiger partial charge is 0.494 e. The number of methoxy groups -OCH3 is 1. The van der Waals surface area contributed by atoms with Crippen LogP contribution in [0.1, 0.15) is 5.56 Å². The van der Waals surface area contributed by atoms with Gasteiger partial charge in [-0.05, 0) is 29.8 Å². The fourth-order valence-corrected chi connectivity index (χ4v) is 2.83. The van der Waals surface area contributed by atoms with Gasteiger partial charge in [-0.2, -0.15) is 0 Å². The van der Waals surface area contributed by atoms with Crippen LogP contribution < -0.4 is 4.74 Å². The van der Waals surface area contributed by atoms with Crippen LogP contribution in [-0.2, 0) is 5.75 Å². The van der Waals surface area contributed by atoms with Crippen LogP contribution in [0.2, 0.25) is 5.02 Å². The lowest BCUT2D eigenvalue weighted by molar-refractivity contribution is 0.386. The highest BCUT2D eigenvalue weighted by molar-refractivity contribution is 7.98. The third kappa shape index (κ3) is 3.14. The van der Waals surface area contributed by atoms with E-state index >= 15 is 0 Å². The Morgan fingerprint density at radius 1 is 1.29 bits per heavy atom. The molecule has 0 atom stereocenters. The topological polar surface area (TPSA) is 35.3 Å². The average molecular weight is 324 g/mol. The molecule has 1 heterocycles. The number of halogens is 2. The Morgan fingerprint density at radius 3 is 2.90 bits per heavy atom. The summed E-state index contributed by atoms with van der Waals surface area (Å²) in [5, 5.41) is 1.14. The average Bonchev–Trinajstić information content (AvgIpc) is 2.87. The minimum absolute atomic E-state index is 0.236. The molecular formula is C15H11ClFNO2S. The minimum Gasteiger partial charge on any atom is -0.494 e. The third-order valence-electron chi connectivity index (χ3n) is 2.91. The highest BCUT2D eigenvalue weighted by Gasteiger charge is 2.09. The van der Waals surface area contributed by atoms with E-state index in [1.165, 1.54) is 24.9 Å². The van der Waals surface area contributed by atoms with Crippen LogP contribution in [0.5, 0.6) is 5.75 Å². The molecule has 0 aliphatic rings. The number of hydrogen-bond donors (Lipinski definition) is 0. The van der Waals surface area contributed by atoms with Crippen molar-refractivity contribution >= 4 is 34.5 Å². The van der Waals surface area contributed by atoms with Gasteiger partial charge in [0.05, 0.1) is 7.11 Å². The summed E-state index contributed by atoms with van der Waals surface area (Å²) in [6.07, 6.45) is 0. The molecule has 3 rings (SSSR count). The summed E-state index contributed by atoms with van der Waals surface area (Å²) in [5.74, 6) is 0.418. The Morgan fingerprint density at radius 2 is 2.14 bits per heavy atom. The molecule has 0 aliphatic carbocycles. The van der Waals surface area contributed by atoms with Crippen molar-refractivity contribution in [1.82, 2.24) is 4.98 Å². The van der Waals surface area contributed by atoms with Crippen molar-refractivity contribution in [2.75, 3.05) is 7.11 Å². The predicted octanol–water partition coefficient (Wildman–Crippen LogP) is 4.92. The van der Waals surface area contributed by atoms with E-state index in [9.17, 15) is 4.39 Å². The minimum atomic E-state index is -0.375. The summed E-state index contributed by atoms with van der Waals surface area (Å²) in [6.45, 7) is 0. The van der Waals surface area contributed by atoms with E-state index in [1.54, 1.807) is 24.3 Å². The van der Waals surface area contributed by atoms with Crippen LogP contribution in [0.25, 0.3) is 11.1 Å². The van der Waals surface area contributed by atoms with Crippen molar-refractivity contribution in [1.29, 1.82) is 0 Å². The molecule has 3 nitrogen and oxygen atoms in total.